The average Bonchev–Trinajstić information content (AvgIpc) is 4.00. The summed E-state index contributed by atoms with van der Waals surface area (Å²) in [5.41, 5.74) is 9.54. The number of ketones is 1. The number of hydrogen-bond acceptors (Lipinski definition) is 10. The fourth-order valence-electron chi connectivity index (χ4n) is 10.7. The molecule has 1 saturated heterocycles. The van der Waals surface area contributed by atoms with Crippen molar-refractivity contribution in [2.75, 3.05) is 13.7 Å². The van der Waals surface area contributed by atoms with Crippen molar-refractivity contribution in [2.24, 2.45) is 62.3 Å². The first-order chi connectivity index (χ1) is 30.9. The van der Waals surface area contributed by atoms with E-state index in [4.69, 9.17) is 24.5 Å². The second-order valence-corrected chi connectivity index (χ2v) is 20.2. The predicted octanol–water partition coefficient (Wildman–Crippen LogP) is 11.1. The van der Waals surface area contributed by atoms with Crippen molar-refractivity contribution < 1.29 is 48.4 Å². The van der Waals surface area contributed by atoms with Crippen LogP contribution >= 0.6 is 0 Å². The summed E-state index contributed by atoms with van der Waals surface area (Å²) in [5.74, 6) is -0.701. The molecular weight excluding hydrogens is 878 g/mol. The quantitative estimate of drug-likeness (QED) is 0.0727. The Bertz CT molecular complexity index is 2280. The van der Waals surface area contributed by atoms with Gasteiger partial charge in [0.25, 0.3) is 0 Å². The van der Waals surface area contributed by atoms with E-state index in [0.29, 0.717) is 68.9 Å². The van der Waals surface area contributed by atoms with Gasteiger partial charge in [-0.15, -0.1) is 5.76 Å². The molecule has 1 fully saturated rings. The van der Waals surface area contributed by atoms with Crippen molar-refractivity contribution in [2.45, 2.75) is 153 Å². The van der Waals surface area contributed by atoms with Gasteiger partial charge < -0.3 is 19.9 Å². The van der Waals surface area contributed by atoms with E-state index >= 15 is 0 Å². The van der Waals surface area contributed by atoms with Crippen LogP contribution in [-0.4, -0.2) is 48.6 Å². The zero-order chi connectivity index (χ0) is 47.3. The number of nitrogens with one attached hydrogen (secondary N) is 1. The minimum Gasteiger partial charge on any atom is -0.874 e. The maximum atomic E-state index is 14.4. The summed E-state index contributed by atoms with van der Waals surface area (Å²) in [6.07, 6.45) is 20.5. The Hall–Kier alpha value is -4.24. The number of allylic oxidation sites excluding steroid dienone is 11. The normalized spacial score (nSPS) is 24.4. The van der Waals surface area contributed by atoms with Crippen LogP contribution in [0.5, 0.6) is 0 Å². The van der Waals surface area contributed by atoms with Gasteiger partial charge in [0.2, 0.25) is 0 Å². The Kier molecular flexibility index (Phi) is 18.5. The molecule has 5 aliphatic heterocycles. The van der Waals surface area contributed by atoms with Gasteiger partial charge in [0.05, 0.1) is 41.5 Å². The minimum atomic E-state index is -1.24. The van der Waals surface area contributed by atoms with Gasteiger partial charge in [-0.25, -0.2) is 9.98 Å². The molecule has 0 aromatic carbocycles. The molecule has 0 aromatic heterocycles. The van der Waals surface area contributed by atoms with Gasteiger partial charge in [0.15, 0.2) is 5.78 Å². The molecule has 0 saturated carbocycles. The molecule has 0 aromatic rings. The second-order valence-electron chi connectivity index (χ2n) is 20.2. The number of nitrogens with zero attached hydrogens (tertiary/aromatic N) is 3. The fraction of sp³-hybridized carbons (Fsp3) is 0.600. The molecule has 6 aliphatic rings. The van der Waals surface area contributed by atoms with Crippen molar-refractivity contribution in [1.82, 2.24) is 5.32 Å². The molecule has 0 spiro atoms. The summed E-state index contributed by atoms with van der Waals surface area (Å²) in [4.78, 5) is 55.6. The number of ether oxygens (including phenoxy) is 2. The number of aliphatic imine (C=N–C) groups is 3. The Morgan fingerprint density at radius 1 is 0.833 bits per heavy atom. The summed E-state index contributed by atoms with van der Waals surface area (Å²) in [6.45, 7) is 23.4. The number of rotatable bonds is 20. The molecule has 1 aliphatic carbocycles. The van der Waals surface area contributed by atoms with Crippen molar-refractivity contribution in [3.63, 3.8) is 0 Å². The summed E-state index contributed by atoms with van der Waals surface area (Å²) in [5, 5.41) is 18.0. The Morgan fingerprint density at radius 2 is 1.50 bits per heavy atom. The number of esters is 2. The van der Waals surface area contributed by atoms with Crippen LogP contribution in [0.3, 0.4) is 0 Å². The smallest absolute Gasteiger partial charge is 0.874 e. The van der Waals surface area contributed by atoms with Gasteiger partial charge in [-0.3, -0.25) is 19.4 Å². The molecule has 11 heteroatoms. The molecule has 0 unspecified atom stereocenters. The summed E-state index contributed by atoms with van der Waals surface area (Å²) in [6, 6.07) is 0. The number of carbonyl (C=O) groups excluding carboxylic acids is 3. The largest absolute Gasteiger partial charge is 2.00 e. The summed E-state index contributed by atoms with van der Waals surface area (Å²) in [7, 11) is 1.29. The van der Waals surface area contributed by atoms with Crippen LogP contribution in [0.4, 0.5) is 0 Å². The number of methoxy groups -OCH3 is 1. The number of carbonyl (C=O) groups is 3. The van der Waals surface area contributed by atoms with Crippen LogP contribution in [0.15, 0.2) is 107 Å². The molecule has 66 heavy (non-hydrogen) atoms. The van der Waals surface area contributed by atoms with Gasteiger partial charge in [0, 0.05) is 58.3 Å². The van der Waals surface area contributed by atoms with E-state index in [0.717, 1.165) is 48.1 Å². The third-order valence-corrected chi connectivity index (χ3v) is 14.8. The number of fused-ring (bicyclic) bond motifs is 5. The number of hydrogen-bond donors (Lipinski definition) is 1. The Labute approximate surface area is 408 Å². The van der Waals surface area contributed by atoms with E-state index in [9.17, 15) is 19.5 Å². The van der Waals surface area contributed by atoms with Gasteiger partial charge >= 0.3 is 31.4 Å². The standard InChI is InChI=1S/C55H76N4O6.Zn/c1-13-39-34(7)41-29-46-48(38(11)60)36(9)43(57-46)27-42-35(8)40(52(58-42)50-51(55(63)64-12)54(62)49-37(10)44(59-53(49)50)28-45(39)56-41)23-24-47(61)65-26-25-33(6)22-16-21-32(5)20-15-19-31(4)18-14-17-30(2)3;/h25,27-32,34-35,39-40,51,56,62H,13-24,26H2,1-12H3;/q;+2/p-1/b33-25+,41-29?,43-27?,45-28?,52-50?;/t31-,32-,34-,35+,39-,40+,51-;/m1./s1. The van der Waals surface area contributed by atoms with E-state index in [1.807, 2.05) is 45.1 Å². The summed E-state index contributed by atoms with van der Waals surface area (Å²) >= 11 is 0. The molecule has 7 atom stereocenters. The van der Waals surface area contributed by atoms with Crippen LogP contribution in [0.1, 0.15) is 153 Å². The molecule has 1 N–H and O–H groups in total. The Morgan fingerprint density at radius 3 is 2.14 bits per heavy atom. The van der Waals surface area contributed by atoms with E-state index in [1.54, 1.807) is 6.92 Å². The number of Topliss-reactive ketones (excluding diaryl/α,β-unsaturated/α-hetero) is 1. The second kappa shape index (κ2) is 23.2. The van der Waals surface area contributed by atoms with Gasteiger partial charge in [-0.1, -0.05) is 99.0 Å². The molecule has 0 amide bonds. The first-order valence-electron chi connectivity index (χ1n) is 24.6. The molecule has 6 rings (SSSR count). The van der Waals surface area contributed by atoms with E-state index in [1.165, 1.54) is 57.6 Å². The summed E-state index contributed by atoms with van der Waals surface area (Å²) < 4.78 is 11.0. The monoisotopic (exact) mass is 951 g/mol. The maximum absolute atomic E-state index is 14.4. The van der Waals surface area contributed by atoms with Gasteiger partial charge in [-0.05, 0) is 112 Å². The predicted molar refractivity (Wildman–Crippen MR) is 260 cm³/mol. The maximum Gasteiger partial charge on any atom is 2.00 e. The van der Waals surface area contributed by atoms with Crippen molar-refractivity contribution in [3.8, 4) is 0 Å². The van der Waals surface area contributed by atoms with Crippen molar-refractivity contribution >= 4 is 34.9 Å². The third-order valence-electron chi connectivity index (χ3n) is 14.8. The molecule has 352 valence electrons. The first-order valence-corrected chi connectivity index (χ1v) is 24.6. The van der Waals surface area contributed by atoms with Crippen LogP contribution in [-0.2, 0) is 43.3 Å². The van der Waals surface area contributed by atoms with Gasteiger partial charge in [0.1, 0.15) is 6.61 Å². The van der Waals surface area contributed by atoms with Crippen LogP contribution in [0.2, 0.25) is 0 Å². The SMILES string of the molecule is CC[C@H]1C2=CC3=C(C)C4=C([O-])[C@H](C(=O)OC)C(=C5N=C(C=C6N=C(C=C(N2)[C@@H]1C)C(C(C)=O)=C6C)[C@@H](C)[C@@H]5CCC(=O)OC/C=C(\C)CCC[C@H](C)CCC[C@H](C)CCCC(C)C)C4=N3.[Zn+2]. The van der Waals surface area contributed by atoms with E-state index < -0.39 is 11.9 Å². The first kappa shape index (κ1) is 52.7. The van der Waals surface area contributed by atoms with Crippen molar-refractivity contribution in [3.05, 3.63) is 92.0 Å². The van der Waals surface area contributed by atoms with Crippen LogP contribution < -0.4 is 10.4 Å². The molecular formula is C55H75N4O6Zn+. The van der Waals surface area contributed by atoms with E-state index in [2.05, 4.69) is 53.8 Å². The fourth-order valence-corrected chi connectivity index (χ4v) is 10.7. The zero-order valence-electron chi connectivity index (χ0n) is 42.1. The third kappa shape index (κ3) is 11.7. The molecule has 5 heterocycles. The zero-order valence-corrected chi connectivity index (χ0v) is 45.1. The van der Waals surface area contributed by atoms with Gasteiger partial charge in [-0.2, -0.15) is 0 Å². The van der Waals surface area contributed by atoms with E-state index in [-0.39, 0.29) is 73.7 Å². The minimum absolute atomic E-state index is 0. The topological polar surface area (TPSA) is 142 Å². The molecule has 8 bridgehead atoms. The molecule has 0 radical (unpaired) electrons. The van der Waals surface area contributed by atoms with Crippen LogP contribution in [0.25, 0.3) is 0 Å². The Balaban J connectivity index is 0.00000817. The average molecular weight is 954 g/mol. The van der Waals surface area contributed by atoms with Crippen LogP contribution in [0, 0.1) is 47.3 Å². The van der Waals surface area contributed by atoms with Crippen molar-refractivity contribution in [1.29, 1.82) is 0 Å². The molecule has 10 nitrogen and oxygen atoms in total.